The molecule has 0 amide bonds. The Morgan fingerprint density at radius 3 is 2.47 bits per heavy atom. The van der Waals surface area contributed by atoms with Crippen molar-refractivity contribution in [2.24, 2.45) is 5.41 Å². The first-order valence-electron chi connectivity index (χ1n) is 7.59. The number of hydrogen-bond donors (Lipinski definition) is 1. The molecule has 0 aliphatic heterocycles. The van der Waals surface area contributed by atoms with Gasteiger partial charge in [-0.1, -0.05) is 33.6 Å². The first-order chi connectivity index (χ1) is 8.98. The SMILES string of the molecule is CCNc1cc(C2CCCC2)nc(CC(C)(C)C)n1. The molecule has 0 unspecified atom stereocenters. The van der Waals surface area contributed by atoms with E-state index in [4.69, 9.17) is 4.98 Å². The Morgan fingerprint density at radius 2 is 1.89 bits per heavy atom. The number of aromatic nitrogens is 2. The number of nitrogens with zero attached hydrogens (tertiary/aromatic N) is 2. The summed E-state index contributed by atoms with van der Waals surface area (Å²) in [6.45, 7) is 9.75. The molecule has 1 aromatic rings. The first kappa shape index (κ1) is 14.3. The van der Waals surface area contributed by atoms with Gasteiger partial charge in [0.25, 0.3) is 0 Å². The van der Waals surface area contributed by atoms with E-state index in [0.717, 1.165) is 24.6 Å². The van der Waals surface area contributed by atoms with E-state index in [1.165, 1.54) is 31.4 Å². The molecule has 1 heterocycles. The van der Waals surface area contributed by atoms with Crippen LogP contribution in [0.5, 0.6) is 0 Å². The summed E-state index contributed by atoms with van der Waals surface area (Å²) in [5.41, 5.74) is 1.49. The molecule has 1 aliphatic rings. The topological polar surface area (TPSA) is 37.8 Å². The van der Waals surface area contributed by atoms with Crippen LogP contribution < -0.4 is 5.32 Å². The zero-order valence-electron chi connectivity index (χ0n) is 12.8. The van der Waals surface area contributed by atoms with E-state index in [2.05, 4.69) is 44.1 Å². The third kappa shape index (κ3) is 4.19. The van der Waals surface area contributed by atoms with Crippen molar-refractivity contribution in [1.82, 2.24) is 9.97 Å². The molecule has 1 saturated carbocycles. The van der Waals surface area contributed by atoms with Crippen LogP contribution in [0.15, 0.2) is 6.07 Å². The largest absolute Gasteiger partial charge is 0.370 e. The first-order valence-corrected chi connectivity index (χ1v) is 7.59. The monoisotopic (exact) mass is 261 g/mol. The highest BCUT2D eigenvalue weighted by Crippen LogP contribution is 2.34. The highest BCUT2D eigenvalue weighted by molar-refractivity contribution is 5.37. The molecular formula is C16H27N3. The number of anilines is 1. The Kier molecular flexibility index (Phi) is 4.43. The summed E-state index contributed by atoms with van der Waals surface area (Å²) in [5, 5.41) is 3.35. The Hall–Kier alpha value is -1.12. The van der Waals surface area contributed by atoms with Gasteiger partial charge in [0, 0.05) is 30.6 Å². The molecule has 1 aliphatic carbocycles. The van der Waals surface area contributed by atoms with E-state index < -0.39 is 0 Å². The zero-order chi connectivity index (χ0) is 13.9. The molecule has 2 rings (SSSR count). The van der Waals surface area contributed by atoms with Crippen molar-refractivity contribution in [1.29, 1.82) is 0 Å². The molecule has 0 saturated heterocycles. The van der Waals surface area contributed by atoms with Gasteiger partial charge in [-0.25, -0.2) is 9.97 Å². The lowest BCUT2D eigenvalue weighted by Gasteiger charge is -2.19. The normalized spacial score (nSPS) is 16.8. The van der Waals surface area contributed by atoms with Crippen LogP contribution in [0.2, 0.25) is 0 Å². The summed E-state index contributed by atoms with van der Waals surface area (Å²) in [6, 6.07) is 2.16. The lowest BCUT2D eigenvalue weighted by atomic mass is 9.92. The third-order valence-corrected chi connectivity index (χ3v) is 3.61. The minimum absolute atomic E-state index is 0.234. The van der Waals surface area contributed by atoms with E-state index in [9.17, 15) is 0 Å². The van der Waals surface area contributed by atoms with Crippen molar-refractivity contribution in [3.63, 3.8) is 0 Å². The van der Waals surface area contributed by atoms with Gasteiger partial charge in [0.05, 0.1) is 0 Å². The number of hydrogen-bond acceptors (Lipinski definition) is 3. The Balaban J connectivity index is 2.26. The minimum Gasteiger partial charge on any atom is -0.370 e. The lowest BCUT2D eigenvalue weighted by Crippen LogP contribution is -2.15. The quantitative estimate of drug-likeness (QED) is 0.884. The second-order valence-corrected chi connectivity index (χ2v) is 6.84. The lowest BCUT2D eigenvalue weighted by molar-refractivity contribution is 0.399. The molecule has 19 heavy (non-hydrogen) atoms. The van der Waals surface area contributed by atoms with Crippen molar-refractivity contribution in [2.45, 2.75) is 65.7 Å². The molecule has 3 nitrogen and oxygen atoms in total. The molecular weight excluding hydrogens is 234 g/mol. The maximum absolute atomic E-state index is 4.83. The molecule has 1 fully saturated rings. The fourth-order valence-electron chi connectivity index (χ4n) is 2.77. The molecule has 3 heteroatoms. The van der Waals surface area contributed by atoms with Crippen LogP contribution >= 0.6 is 0 Å². The number of nitrogens with one attached hydrogen (secondary N) is 1. The van der Waals surface area contributed by atoms with Gasteiger partial charge in [-0.15, -0.1) is 0 Å². The van der Waals surface area contributed by atoms with Gasteiger partial charge >= 0.3 is 0 Å². The molecule has 0 aromatic carbocycles. The smallest absolute Gasteiger partial charge is 0.131 e. The van der Waals surface area contributed by atoms with Gasteiger partial charge in [0.15, 0.2) is 0 Å². The second kappa shape index (κ2) is 5.89. The molecule has 0 spiro atoms. The van der Waals surface area contributed by atoms with Crippen LogP contribution in [-0.2, 0) is 6.42 Å². The summed E-state index contributed by atoms with van der Waals surface area (Å²) in [4.78, 5) is 9.49. The van der Waals surface area contributed by atoms with Crippen molar-refractivity contribution in [3.05, 3.63) is 17.6 Å². The summed E-state index contributed by atoms with van der Waals surface area (Å²) in [6.07, 6.45) is 6.21. The van der Waals surface area contributed by atoms with E-state index in [1.54, 1.807) is 0 Å². The van der Waals surface area contributed by atoms with E-state index in [0.29, 0.717) is 5.92 Å². The molecule has 0 atom stereocenters. The average Bonchev–Trinajstić information content (AvgIpc) is 2.79. The summed E-state index contributed by atoms with van der Waals surface area (Å²) < 4.78 is 0. The summed E-state index contributed by atoms with van der Waals surface area (Å²) in [7, 11) is 0. The zero-order valence-corrected chi connectivity index (χ0v) is 12.8. The maximum atomic E-state index is 4.83. The van der Waals surface area contributed by atoms with E-state index in [1.807, 2.05) is 0 Å². The Labute approximate surface area is 117 Å². The van der Waals surface area contributed by atoms with Gasteiger partial charge in [0.1, 0.15) is 11.6 Å². The molecule has 0 bridgehead atoms. The van der Waals surface area contributed by atoms with Crippen LogP contribution in [0, 0.1) is 5.41 Å². The minimum atomic E-state index is 0.234. The Morgan fingerprint density at radius 1 is 1.21 bits per heavy atom. The summed E-state index contributed by atoms with van der Waals surface area (Å²) in [5.74, 6) is 2.64. The standard InChI is InChI=1S/C16H27N3/c1-5-17-14-10-13(12-8-6-7-9-12)18-15(19-14)11-16(2,3)4/h10,12H,5-9,11H2,1-4H3,(H,17,18,19). The highest BCUT2D eigenvalue weighted by atomic mass is 15.0. The Bertz CT molecular complexity index is 414. The van der Waals surface area contributed by atoms with Gasteiger partial charge in [-0.05, 0) is 25.2 Å². The van der Waals surface area contributed by atoms with Crippen molar-refractivity contribution in [2.75, 3.05) is 11.9 Å². The van der Waals surface area contributed by atoms with Crippen LogP contribution in [0.3, 0.4) is 0 Å². The molecule has 106 valence electrons. The van der Waals surface area contributed by atoms with Crippen LogP contribution in [0.25, 0.3) is 0 Å². The van der Waals surface area contributed by atoms with Gasteiger partial charge < -0.3 is 5.32 Å². The molecule has 0 radical (unpaired) electrons. The van der Waals surface area contributed by atoms with Crippen LogP contribution in [0.4, 0.5) is 5.82 Å². The van der Waals surface area contributed by atoms with E-state index in [-0.39, 0.29) is 5.41 Å². The van der Waals surface area contributed by atoms with Crippen molar-refractivity contribution in [3.8, 4) is 0 Å². The average molecular weight is 261 g/mol. The third-order valence-electron chi connectivity index (χ3n) is 3.61. The molecule has 1 N–H and O–H groups in total. The summed E-state index contributed by atoms with van der Waals surface area (Å²) >= 11 is 0. The molecule has 1 aromatic heterocycles. The van der Waals surface area contributed by atoms with Crippen LogP contribution in [0.1, 0.15) is 70.8 Å². The second-order valence-electron chi connectivity index (χ2n) is 6.84. The number of rotatable bonds is 4. The van der Waals surface area contributed by atoms with Crippen molar-refractivity contribution < 1.29 is 0 Å². The predicted octanol–water partition coefficient (Wildman–Crippen LogP) is 4.15. The predicted molar refractivity (Wildman–Crippen MR) is 80.6 cm³/mol. The fraction of sp³-hybridized carbons (Fsp3) is 0.750. The van der Waals surface area contributed by atoms with Gasteiger partial charge in [-0.2, -0.15) is 0 Å². The van der Waals surface area contributed by atoms with Crippen LogP contribution in [-0.4, -0.2) is 16.5 Å². The van der Waals surface area contributed by atoms with Gasteiger partial charge in [0.2, 0.25) is 0 Å². The fourth-order valence-corrected chi connectivity index (χ4v) is 2.77. The highest BCUT2D eigenvalue weighted by Gasteiger charge is 2.21. The maximum Gasteiger partial charge on any atom is 0.131 e. The van der Waals surface area contributed by atoms with Crippen molar-refractivity contribution >= 4 is 5.82 Å². The van der Waals surface area contributed by atoms with E-state index >= 15 is 0 Å². The van der Waals surface area contributed by atoms with Gasteiger partial charge in [-0.3, -0.25) is 0 Å².